The van der Waals surface area contributed by atoms with Gasteiger partial charge in [-0.25, -0.2) is 0 Å². The van der Waals surface area contributed by atoms with Crippen LogP contribution in [0.1, 0.15) is 24.8 Å². The fourth-order valence-electron chi connectivity index (χ4n) is 2.95. The highest BCUT2D eigenvalue weighted by Crippen LogP contribution is 2.25. The lowest BCUT2D eigenvalue weighted by atomic mass is 10.1. The van der Waals surface area contributed by atoms with E-state index >= 15 is 0 Å². The van der Waals surface area contributed by atoms with E-state index in [-0.39, 0.29) is 29.7 Å². The molecule has 0 radical (unpaired) electrons. The van der Waals surface area contributed by atoms with Gasteiger partial charge in [-0.1, -0.05) is 6.42 Å². The average Bonchev–Trinajstić information content (AvgIpc) is 2.65. The van der Waals surface area contributed by atoms with E-state index in [0.717, 1.165) is 26.2 Å². The quantitative estimate of drug-likeness (QED) is 0.328. The Labute approximate surface area is 176 Å². The topological polar surface area (TPSA) is 58.1 Å². The highest BCUT2D eigenvalue weighted by atomic mass is 127. The normalized spacial score (nSPS) is 15.2. The average molecular weight is 498 g/mol. The van der Waals surface area contributed by atoms with Gasteiger partial charge in [0.15, 0.2) is 5.96 Å². The van der Waals surface area contributed by atoms with E-state index in [4.69, 9.17) is 4.74 Å². The third kappa shape index (κ3) is 8.46. The minimum absolute atomic E-state index is 0. The summed E-state index contributed by atoms with van der Waals surface area (Å²) in [5.41, 5.74) is 0.573. The first-order valence-electron chi connectivity index (χ1n) is 8.91. The maximum Gasteiger partial charge on any atom is 0.387 e. The van der Waals surface area contributed by atoms with Crippen LogP contribution >= 0.6 is 24.0 Å². The van der Waals surface area contributed by atoms with Crippen LogP contribution in [0.3, 0.4) is 0 Å². The van der Waals surface area contributed by atoms with Crippen molar-refractivity contribution >= 4 is 29.9 Å². The van der Waals surface area contributed by atoms with Crippen molar-refractivity contribution in [1.29, 1.82) is 0 Å². The van der Waals surface area contributed by atoms with Crippen molar-refractivity contribution in [3.63, 3.8) is 0 Å². The number of hydrogen-bond acceptors (Lipinski definition) is 4. The van der Waals surface area contributed by atoms with Gasteiger partial charge < -0.3 is 25.0 Å². The maximum atomic E-state index is 12.6. The standard InChI is InChI=1S/C18H28F2N4O2.HI/c1-21-18(22-8-11-24-9-4-3-5-10-24)23-13-14-12-15(25-2)6-7-16(14)26-17(19)20;/h6-7,12,17H,3-5,8-11,13H2,1-2H3,(H2,21,22,23);1H. The summed E-state index contributed by atoms with van der Waals surface area (Å²) >= 11 is 0. The van der Waals surface area contributed by atoms with Gasteiger partial charge in [0, 0.05) is 32.2 Å². The van der Waals surface area contributed by atoms with E-state index in [1.807, 2.05) is 0 Å². The highest BCUT2D eigenvalue weighted by molar-refractivity contribution is 14.0. The lowest BCUT2D eigenvalue weighted by Gasteiger charge is -2.26. The second-order valence-corrected chi connectivity index (χ2v) is 6.11. The van der Waals surface area contributed by atoms with Crippen LogP contribution in [0.2, 0.25) is 0 Å². The summed E-state index contributed by atoms with van der Waals surface area (Å²) in [6.07, 6.45) is 3.84. The molecule has 1 aromatic carbocycles. The Morgan fingerprint density at radius 3 is 2.59 bits per heavy atom. The summed E-state index contributed by atoms with van der Waals surface area (Å²) in [5.74, 6) is 1.32. The molecule has 0 spiro atoms. The molecule has 1 saturated heterocycles. The van der Waals surface area contributed by atoms with E-state index < -0.39 is 6.61 Å². The zero-order chi connectivity index (χ0) is 18.8. The molecule has 0 saturated carbocycles. The van der Waals surface area contributed by atoms with Gasteiger partial charge in [-0.2, -0.15) is 8.78 Å². The molecule has 1 aliphatic heterocycles. The Hall–Kier alpha value is -1.36. The van der Waals surface area contributed by atoms with Crippen LogP contribution in [0.4, 0.5) is 8.78 Å². The molecule has 0 amide bonds. The van der Waals surface area contributed by atoms with Gasteiger partial charge in [-0.05, 0) is 44.1 Å². The summed E-state index contributed by atoms with van der Waals surface area (Å²) in [7, 11) is 3.21. The minimum Gasteiger partial charge on any atom is -0.497 e. The molecule has 2 N–H and O–H groups in total. The summed E-state index contributed by atoms with van der Waals surface area (Å²) in [5, 5.41) is 6.38. The first kappa shape index (κ1) is 23.7. The Morgan fingerprint density at radius 1 is 1.22 bits per heavy atom. The molecular weight excluding hydrogens is 469 g/mol. The first-order valence-corrected chi connectivity index (χ1v) is 8.91. The van der Waals surface area contributed by atoms with Gasteiger partial charge in [0.25, 0.3) is 0 Å². The van der Waals surface area contributed by atoms with Gasteiger partial charge in [0.05, 0.1) is 7.11 Å². The lowest BCUT2D eigenvalue weighted by molar-refractivity contribution is -0.0504. The molecule has 2 rings (SSSR count). The van der Waals surface area contributed by atoms with E-state index in [1.54, 1.807) is 19.2 Å². The van der Waals surface area contributed by atoms with Crippen molar-refractivity contribution in [3.8, 4) is 11.5 Å². The number of nitrogens with zero attached hydrogens (tertiary/aromatic N) is 2. The predicted molar refractivity (Wildman–Crippen MR) is 114 cm³/mol. The second-order valence-electron chi connectivity index (χ2n) is 6.11. The van der Waals surface area contributed by atoms with Gasteiger partial charge in [-0.3, -0.25) is 4.99 Å². The van der Waals surface area contributed by atoms with Crippen molar-refractivity contribution in [2.75, 3.05) is 40.3 Å². The molecule has 27 heavy (non-hydrogen) atoms. The van der Waals surface area contributed by atoms with Crippen molar-refractivity contribution < 1.29 is 18.3 Å². The largest absolute Gasteiger partial charge is 0.497 e. The van der Waals surface area contributed by atoms with Gasteiger partial charge in [-0.15, -0.1) is 24.0 Å². The van der Waals surface area contributed by atoms with Crippen molar-refractivity contribution in [1.82, 2.24) is 15.5 Å². The summed E-state index contributed by atoms with van der Waals surface area (Å²) in [6, 6.07) is 4.74. The van der Waals surface area contributed by atoms with Gasteiger partial charge >= 0.3 is 6.61 Å². The Bertz CT molecular complexity index is 584. The number of methoxy groups -OCH3 is 1. The summed E-state index contributed by atoms with van der Waals surface area (Å²) in [6.45, 7) is 1.45. The summed E-state index contributed by atoms with van der Waals surface area (Å²) < 4.78 is 34.9. The van der Waals surface area contributed by atoms with Gasteiger partial charge in [0.2, 0.25) is 0 Å². The Morgan fingerprint density at radius 2 is 1.96 bits per heavy atom. The van der Waals surface area contributed by atoms with Crippen LogP contribution < -0.4 is 20.1 Å². The zero-order valence-corrected chi connectivity index (χ0v) is 18.2. The van der Waals surface area contributed by atoms with Crippen LogP contribution in [-0.4, -0.2) is 57.8 Å². The van der Waals surface area contributed by atoms with E-state index in [0.29, 0.717) is 23.8 Å². The number of nitrogens with one attached hydrogen (secondary N) is 2. The maximum absolute atomic E-state index is 12.6. The number of halogens is 3. The first-order chi connectivity index (χ1) is 12.6. The lowest BCUT2D eigenvalue weighted by Crippen LogP contribution is -2.42. The Balaban J connectivity index is 0.00000364. The van der Waals surface area contributed by atoms with Crippen LogP contribution in [0.25, 0.3) is 0 Å². The van der Waals surface area contributed by atoms with Crippen LogP contribution in [0.5, 0.6) is 11.5 Å². The predicted octanol–water partition coefficient (Wildman–Crippen LogP) is 3.07. The molecule has 154 valence electrons. The number of alkyl halides is 2. The molecule has 1 heterocycles. The number of piperidine rings is 1. The minimum atomic E-state index is -2.87. The van der Waals surface area contributed by atoms with Crippen LogP contribution in [0, 0.1) is 0 Å². The molecule has 0 unspecified atom stereocenters. The molecule has 0 bridgehead atoms. The fourth-order valence-corrected chi connectivity index (χ4v) is 2.95. The molecule has 0 aromatic heterocycles. The molecule has 6 nitrogen and oxygen atoms in total. The fraction of sp³-hybridized carbons (Fsp3) is 0.611. The number of rotatable bonds is 8. The number of likely N-dealkylation sites (tertiary alicyclic amines) is 1. The number of hydrogen-bond donors (Lipinski definition) is 2. The Kier molecular flexibility index (Phi) is 11.3. The molecule has 9 heteroatoms. The van der Waals surface area contributed by atoms with E-state index in [2.05, 4.69) is 25.3 Å². The number of ether oxygens (including phenoxy) is 2. The molecular formula is C18H29F2IN4O2. The SMILES string of the molecule is CN=C(NCCN1CCCCC1)NCc1cc(OC)ccc1OC(F)F.I. The third-order valence-corrected chi connectivity index (χ3v) is 4.32. The molecule has 0 atom stereocenters. The molecule has 1 fully saturated rings. The highest BCUT2D eigenvalue weighted by Gasteiger charge is 2.12. The van der Waals surface area contributed by atoms with Crippen LogP contribution in [-0.2, 0) is 6.54 Å². The van der Waals surface area contributed by atoms with Crippen molar-refractivity contribution in [3.05, 3.63) is 23.8 Å². The monoisotopic (exact) mass is 498 g/mol. The molecule has 1 aromatic rings. The zero-order valence-electron chi connectivity index (χ0n) is 15.8. The third-order valence-electron chi connectivity index (χ3n) is 4.32. The van der Waals surface area contributed by atoms with Crippen molar-refractivity contribution in [2.24, 2.45) is 4.99 Å². The number of guanidine groups is 1. The number of aliphatic imine (C=N–C) groups is 1. The van der Waals surface area contributed by atoms with Crippen molar-refractivity contribution in [2.45, 2.75) is 32.4 Å². The number of benzene rings is 1. The summed E-state index contributed by atoms with van der Waals surface area (Å²) in [4.78, 5) is 6.61. The smallest absolute Gasteiger partial charge is 0.387 e. The van der Waals surface area contributed by atoms with Crippen LogP contribution in [0.15, 0.2) is 23.2 Å². The van der Waals surface area contributed by atoms with E-state index in [1.165, 1.54) is 32.4 Å². The molecule has 0 aliphatic carbocycles. The van der Waals surface area contributed by atoms with Gasteiger partial charge in [0.1, 0.15) is 11.5 Å². The van der Waals surface area contributed by atoms with E-state index in [9.17, 15) is 8.78 Å². The second kappa shape index (κ2) is 12.9. The molecule has 1 aliphatic rings.